The van der Waals surface area contributed by atoms with E-state index in [-0.39, 0.29) is 12.5 Å². The van der Waals surface area contributed by atoms with Crippen molar-refractivity contribution >= 4 is 33.7 Å². The van der Waals surface area contributed by atoms with E-state index in [9.17, 15) is 14.4 Å². The van der Waals surface area contributed by atoms with Gasteiger partial charge in [-0.1, -0.05) is 40.2 Å². The molecule has 0 aliphatic carbocycles. The summed E-state index contributed by atoms with van der Waals surface area (Å²) in [6.45, 7) is 0.191. The van der Waals surface area contributed by atoms with Gasteiger partial charge in [-0.15, -0.1) is 0 Å². The molecule has 0 fully saturated rings. The number of nitrogens with one attached hydrogen (secondary N) is 1. The molecule has 1 aliphatic rings. The second-order valence-electron chi connectivity index (χ2n) is 5.47. The van der Waals surface area contributed by atoms with Gasteiger partial charge >= 0.3 is 0 Å². The quantitative estimate of drug-likeness (QED) is 0.802. The molecule has 0 radical (unpaired) electrons. The number of carbonyl (C=O) groups is 3. The highest BCUT2D eigenvalue weighted by molar-refractivity contribution is 9.10. The van der Waals surface area contributed by atoms with Crippen LogP contribution in [0.4, 0.5) is 0 Å². The van der Waals surface area contributed by atoms with Crippen LogP contribution in [0.2, 0.25) is 0 Å². The molecule has 1 aliphatic heterocycles. The minimum Gasteiger partial charge on any atom is -0.354 e. The Morgan fingerprint density at radius 3 is 2.12 bits per heavy atom. The fraction of sp³-hybridized carbons (Fsp3) is 0.167. The van der Waals surface area contributed by atoms with Crippen molar-refractivity contribution in [2.75, 3.05) is 13.1 Å². The van der Waals surface area contributed by atoms with Crippen molar-refractivity contribution in [3.8, 4) is 0 Å². The lowest BCUT2D eigenvalue weighted by Gasteiger charge is -2.13. The van der Waals surface area contributed by atoms with E-state index in [2.05, 4.69) is 21.2 Å². The maximum Gasteiger partial charge on any atom is 0.262 e. The zero-order valence-electron chi connectivity index (χ0n) is 12.8. The number of fused-ring (bicyclic) bond motifs is 1. The topological polar surface area (TPSA) is 66.5 Å². The van der Waals surface area contributed by atoms with Gasteiger partial charge in [-0.3, -0.25) is 19.3 Å². The Morgan fingerprint density at radius 2 is 1.54 bits per heavy atom. The van der Waals surface area contributed by atoms with Gasteiger partial charge in [-0.05, 0) is 36.2 Å². The molecule has 3 amide bonds. The third kappa shape index (κ3) is 3.38. The first kappa shape index (κ1) is 16.4. The van der Waals surface area contributed by atoms with E-state index in [0.717, 1.165) is 14.9 Å². The lowest BCUT2D eigenvalue weighted by atomic mass is 10.1. The summed E-state index contributed by atoms with van der Waals surface area (Å²) in [4.78, 5) is 37.4. The number of amides is 3. The lowest BCUT2D eigenvalue weighted by molar-refractivity contribution is -0.121. The van der Waals surface area contributed by atoms with E-state index in [1.165, 1.54) is 0 Å². The molecular formula is C18H15BrN2O3. The van der Waals surface area contributed by atoms with Gasteiger partial charge in [0.05, 0.1) is 11.1 Å². The van der Waals surface area contributed by atoms with E-state index in [0.29, 0.717) is 24.1 Å². The molecule has 0 spiro atoms. The monoisotopic (exact) mass is 386 g/mol. The average molecular weight is 387 g/mol. The van der Waals surface area contributed by atoms with Crippen molar-refractivity contribution in [3.05, 3.63) is 69.7 Å². The van der Waals surface area contributed by atoms with Gasteiger partial charge in [0.1, 0.15) is 6.54 Å². The maximum absolute atomic E-state index is 12.2. The van der Waals surface area contributed by atoms with Crippen LogP contribution >= 0.6 is 15.9 Å². The summed E-state index contributed by atoms with van der Waals surface area (Å²) >= 11 is 3.37. The summed E-state index contributed by atoms with van der Waals surface area (Å²) in [5.41, 5.74) is 1.80. The molecule has 0 atom stereocenters. The van der Waals surface area contributed by atoms with Crippen LogP contribution in [-0.2, 0) is 11.2 Å². The van der Waals surface area contributed by atoms with Crippen LogP contribution in [0.1, 0.15) is 26.3 Å². The summed E-state index contributed by atoms with van der Waals surface area (Å²) in [7, 11) is 0. The van der Waals surface area contributed by atoms with Gasteiger partial charge in [-0.2, -0.15) is 0 Å². The van der Waals surface area contributed by atoms with E-state index in [1.54, 1.807) is 24.3 Å². The van der Waals surface area contributed by atoms with Gasteiger partial charge in [0, 0.05) is 11.0 Å². The average Bonchev–Trinajstić information content (AvgIpc) is 2.82. The molecule has 2 aromatic carbocycles. The van der Waals surface area contributed by atoms with Crippen LogP contribution in [0.5, 0.6) is 0 Å². The minimum absolute atomic E-state index is 0.257. The summed E-state index contributed by atoms with van der Waals surface area (Å²) in [6, 6.07) is 14.4. The predicted molar refractivity (Wildman–Crippen MR) is 92.7 cm³/mol. The molecule has 1 heterocycles. The van der Waals surface area contributed by atoms with Crippen LogP contribution in [0.25, 0.3) is 0 Å². The summed E-state index contributed by atoms with van der Waals surface area (Å²) in [5.74, 6) is -1.18. The number of nitrogens with zero attached hydrogens (tertiary/aromatic N) is 1. The Balaban J connectivity index is 1.53. The molecule has 1 N–H and O–H groups in total. The number of rotatable bonds is 5. The molecule has 0 saturated heterocycles. The Labute approximate surface area is 147 Å². The lowest BCUT2D eigenvalue weighted by Crippen LogP contribution is -2.40. The molecule has 5 nitrogen and oxygen atoms in total. The van der Waals surface area contributed by atoms with Gasteiger partial charge in [0.15, 0.2) is 0 Å². The van der Waals surface area contributed by atoms with Gasteiger partial charge in [-0.25, -0.2) is 0 Å². The molecule has 0 bridgehead atoms. The summed E-state index contributed by atoms with van der Waals surface area (Å²) < 4.78 is 1.00. The molecule has 3 rings (SSSR count). The first-order valence-corrected chi connectivity index (χ1v) is 8.32. The Bertz CT molecular complexity index is 767. The molecule has 0 saturated carbocycles. The standard InChI is InChI=1S/C18H15BrN2O3/c19-13-7-5-12(6-8-13)9-10-20-16(22)11-21-17(23)14-3-1-2-4-15(14)18(21)24/h1-8H,9-11H2,(H,20,22). The molecule has 0 unspecified atom stereocenters. The number of hydrogen-bond acceptors (Lipinski definition) is 3. The largest absolute Gasteiger partial charge is 0.354 e. The van der Waals surface area contributed by atoms with Crippen LogP contribution in [0.15, 0.2) is 53.0 Å². The second-order valence-corrected chi connectivity index (χ2v) is 6.38. The highest BCUT2D eigenvalue weighted by Crippen LogP contribution is 2.21. The predicted octanol–water partition coefficient (Wildman–Crippen LogP) is 2.40. The van der Waals surface area contributed by atoms with Crippen LogP contribution in [0, 0.1) is 0 Å². The first-order valence-electron chi connectivity index (χ1n) is 7.52. The minimum atomic E-state index is -0.418. The van der Waals surface area contributed by atoms with Crippen molar-refractivity contribution in [3.63, 3.8) is 0 Å². The van der Waals surface area contributed by atoms with Gasteiger partial charge < -0.3 is 5.32 Å². The smallest absolute Gasteiger partial charge is 0.262 e. The fourth-order valence-electron chi connectivity index (χ4n) is 2.58. The van der Waals surface area contributed by atoms with E-state index in [1.807, 2.05) is 24.3 Å². The third-order valence-electron chi connectivity index (χ3n) is 3.83. The Hall–Kier alpha value is -2.47. The molecular weight excluding hydrogens is 372 g/mol. The summed E-state index contributed by atoms with van der Waals surface area (Å²) in [6.07, 6.45) is 0.682. The van der Waals surface area contributed by atoms with Crippen molar-refractivity contribution in [2.24, 2.45) is 0 Å². The fourth-order valence-corrected chi connectivity index (χ4v) is 2.84. The zero-order valence-corrected chi connectivity index (χ0v) is 14.4. The van der Waals surface area contributed by atoms with Gasteiger partial charge in [0.2, 0.25) is 5.91 Å². The van der Waals surface area contributed by atoms with Crippen molar-refractivity contribution in [2.45, 2.75) is 6.42 Å². The maximum atomic E-state index is 12.2. The highest BCUT2D eigenvalue weighted by atomic mass is 79.9. The number of halogens is 1. The highest BCUT2D eigenvalue weighted by Gasteiger charge is 2.36. The van der Waals surface area contributed by atoms with Gasteiger partial charge in [0.25, 0.3) is 11.8 Å². The van der Waals surface area contributed by atoms with E-state index < -0.39 is 11.8 Å². The zero-order chi connectivity index (χ0) is 17.1. The van der Waals surface area contributed by atoms with Crippen molar-refractivity contribution < 1.29 is 14.4 Å². The molecule has 122 valence electrons. The second kappa shape index (κ2) is 6.97. The van der Waals surface area contributed by atoms with Crippen molar-refractivity contribution in [1.82, 2.24) is 10.2 Å². The van der Waals surface area contributed by atoms with E-state index in [4.69, 9.17) is 0 Å². The normalized spacial score (nSPS) is 13.1. The molecule has 2 aromatic rings. The number of hydrogen-bond donors (Lipinski definition) is 1. The van der Waals surface area contributed by atoms with Crippen LogP contribution < -0.4 is 5.32 Å². The van der Waals surface area contributed by atoms with E-state index >= 15 is 0 Å². The Morgan fingerprint density at radius 1 is 0.958 bits per heavy atom. The molecule has 0 aromatic heterocycles. The number of benzene rings is 2. The first-order chi connectivity index (χ1) is 11.6. The Kier molecular flexibility index (Phi) is 4.76. The number of carbonyl (C=O) groups excluding carboxylic acids is 3. The summed E-state index contributed by atoms with van der Waals surface area (Å²) in [5, 5.41) is 2.74. The molecule has 24 heavy (non-hydrogen) atoms. The van der Waals surface area contributed by atoms with Crippen molar-refractivity contribution in [1.29, 1.82) is 0 Å². The number of imide groups is 1. The van der Waals surface area contributed by atoms with Crippen LogP contribution in [0.3, 0.4) is 0 Å². The third-order valence-corrected chi connectivity index (χ3v) is 4.36. The van der Waals surface area contributed by atoms with Crippen LogP contribution in [-0.4, -0.2) is 35.7 Å². The molecule has 6 heteroatoms. The SMILES string of the molecule is O=C(CN1C(=O)c2ccccc2C1=O)NCCc1ccc(Br)cc1.